The van der Waals surface area contributed by atoms with Crippen LogP contribution in [0.3, 0.4) is 0 Å². The van der Waals surface area contributed by atoms with Crippen molar-refractivity contribution in [3.8, 4) is 5.88 Å². The third-order valence-corrected chi connectivity index (χ3v) is 6.05. The average molecular weight is 435 g/mol. The molecular weight excluding hydrogens is 408 g/mol. The molecular formula is C24H26N4O2S. The van der Waals surface area contributed by atoms with Gasteiger partial charge < -0.3 is 14.6 Å². The number of nitrogens with one attached hydrogen (secondary N) is 2. The molecule has 1 fully saturated rings. The van der Waals surface area contributed by atoms with Gasteiger partial charge in [-0.3, -0.25) is 14.8 Å². The molecule has 2 heterocycles. The predicted octanol–water partition coefficient (Wildman–Crippen LogP) is 2.67. The fourth-order valence-electron chi connectivity index (χ4n) is 3.96. The number of nitrogens with zero attached hydrogens (tertiary/aromatic N) is 2. The van der Waals surface area contributed by atoms with Gasteiger partial charge in [-0.2, -0.15) is 0 Å². The summed E-state index contributed by atoms with van der Waals surface area (Å²) in [6, 6.07) is 17.8. The van der Waals surface area contributed by atoms with Crippen molar-refractivity contribution < 1.29 is 10.0 Å². The van der Waals surface area contributed by atoms with E-state index < -0.39 is 11.4 Å². The van der Waals surface area contributed by atoms with Gasteiger partial charge in [-0.05, 0) is 61.5 Å². The Kier molecular flexibility index (Phi) is 6.74. The molecule has 31 heavy (non-hydrogen) atoms. The van der Waals surface area contributed by atoms with Gasteiger partial charge in [0.25, 0.3) is 5.56 Å². The van der Waals surface area contributed by atoms with Gasteiger partial charge in [0.2, 0.25) is 0 Å². The molecule has 2 aromatic carbocycles. The molecule has 0 unspecified atom stereocenters. The third-order valence-electron chi connectivity index (χ3n) is 5.73. The maximum atomic E-state index is 12.9. The van der Waals surface area contributed by atoms with Crippen molar-refractivity contribution in [1.29, 1.82) is 0 Å². The lowest BCUT2D eigenvalue weighted by atomic mass is 10.1. The van der Waals surface area contributed by atoms with E-state index in [1.165, 1.54) is 40.6 Å². The Bertz CT molecular complexity index is 1160. The summed E-state index contributed by atoms with van der Waals surface area (Å²) in [6.07, 6.45) is 5.82. The molecule has 6 nitrogen and oxygen atoms in total. The van der Waals surface area contributed by atoms with Crippen molar-refractivity contribution in [2.45, 2.75) is 32.2 Å². The van der Waals surface area contributed by atoms with Crippen LogP contribution in [0, 0.1) is 4.77 Å². The topological polar surface area (TPSA) is 77.6 Å². The van der Waals surface area contributed by atoms with Crippen molar-refractivity contribution in [3.05, 3.63) is 80.8 Å². The molecule has 7 heteroatoms. The van der Waals surface area contributed by atoms with Gasteiger partial charge in [-0.25, -0.2) is 0 Å². The van der Waals surface area contributed by atoms with Crippen molar-refractivity contribution in [2.75, 3.05) is 13.1 Å². The minimum atomic E-state index is -0.510. The second-order valence-electron chi connectivity index (χ2n) is 7.83. The van der Waals surface area contributed by atoms with E-state index in [0.717, 1.165) is 18.7 Å². The average Bonchev–Trinajstić information content (AvgIpc) is 2.80. The number of aliphatic imine (C=N–C) groups is 1. The molecule has 160 valence electrons. The summed E-state index contributed by atoms with van der Waals surface area (Å²) in [5.41, 5.74) is 2.55. The number of piperidine rings is 1. The summed E-state index contributed by atoms with van der Waals surface area (Å²) in [5.74, 6) is -0.414. The van der Waals surface area contributed by atoms with Crippen molar-refractivity contribution in [1.82, 2.24) is 9.55 Å². The molecule has 4 rings (SSSR count). The van der Waals surface area contributed by atoms with E-state index in [2.05, 4.69) is 22.1 Å². The molecule has 0 spiro atoms. The minimum absolute atomic E-state index is 0.00704. The minimum Gasteiger partial charge on any atom is -0.859 e. The van der Waals surface area contributed by atoms with Crippen molar-refractivity contribution in [3.63, 3.8) is 0 Å². The number of hydrogen-bond donors (Lipinski definition) is 2. The molecule has 1 aliphatic heterocycles. The second kappa shape index (κ2) is 9.85. The number of aromatic nitrogens is 2. The predicted molar refractivity (Wildman–Crippen MR) is 123 cm³/mol. The lowest BCUT2D eigenvalue weighted by molar-refractivity contribution is -0.838. The van der Waals surface area contributed by atoms with Crippen LogP contribution in [0.2, 0.25) is 0 Å². The van der Waals surface area contributed by atoms with Crippen molar-refractivity contribution in [2.24, 2.45) is 4.99 Å². The Labute approximate surface area is 186 Å². The summed E-state index contributed by atoms with van der Waals surface area (Å²) in [4.78, 5) is 20.8. The normalized spacial score (nSPS) is 14.8. The molecule has 0 saturated carbocycles. The maximum absolute atomic E-state index is 12.9. The van der Waals surface area contributed by atoms with E-state index in [9.17, 15) is 9.90 Å². The number of aromatic amines is 1. The standard InChI is InChI=1S/C24H26N4O2S/c29-22-21(17-25-19-9-11-20(12-10-19)27-14-5-2-6-15-27)23(30)28(24(31)26-22)16-13-18-7-3-1-4-8-18/h1,3-4,7-12,17,30H,2,5-6,13-16H2,(H,26,29,31). The SMILES string of the molecule is O=c1[nH]c(=S)n(CCc2ccccc2)c([O-])c1C=Nc1ccc([NH+]2CCCCC2)cc1. The smallest absolute Gasteiger partial charge is 0.259 e. The van der Waals surface area contributed by atoms with E-state index >= 15 is 0 Å². The first-order chi connectivity index (χ1) is 15.1. The van der Waals surface area contributed by atoms with Crippen LogP contribution in [0.5, 0.6) is 5.88 Å². The largest absolute Gasteiger partial charge is 0.859 e. The third kappa shape index (κ3) is 5.18. The van der Waals surface area contributed by atoms with Gasteiger partial charge in [0.15, 0.2) is 4.77 Å². The second-order valence-corrected chi connectivity index (χ2v) is 8.22. The van der Waals surface area contributed by atoms with Gasteiger partial charge in [-0.15, -0.1) is 0 Å². The summed E-state index contributed by atoms with van der Waals surface area (Å²) in [7, 11) is 0. The van der Waals surface area contributed by atoms with Crippen LogP contribution in [0.15, 0.2) is 64.4 Å². The van der Waals surface area contributed by atoms with Crippen LogP contribution in [-0.4, -0.2) is 28.9 Å². The summed E-state index contributed by atoms with van der Waals surface area (Å²) in [6.45, 7) is 2.72. The number of rotatable bonds is 6. The summed E-state index contributed by atoms with van der Waals surface area (Å²) < 4.78 is 1.56. The molecule has 0 radical (unpaired) electrons. The van der Waals surface area contributed by atoms with Gasteiger partial charge in [-0.1, -0.05) is 30.3 Å². The van der Waals surface area contributed by atoms with E-state index in [1.807, 2.05) is 42.5 Å². The monoisotopic (exact) mass is 434 g/mol. The molecule has 0 bridgehead atoms. The quantitative estimate of drug-likeness (QED) is 0.463. The van der Waals surface area contributed by atoms with Crippen LogP contribution in [0.25, 0.3) is 0 Å². The van der Waals surface area contributed by atoms with Gasteiger partial charge in [0, 0.05) is 24.9 Å². The summed E-state index contributed by atoms with van der Waals surface area (Å²) >= 11 is 5.22. The van der Waals surface area contributed by atoms with E-state index in [1.54, 1.807) is 0 Å². The van der Waals surface area contributed by atoms with Crippen LogP contribution >= 0.6 is 12.2 Å². The molecule has 0 aliphatic carbocycles. The van der Waals surface area contributed by atoms with Gasteiger partial charge >= 0.3 is 0 Å². The fraction of sp³-hybridized carbons (Fsp3) is 0.292. The molecule has 0 atom stereocenters. The zero-order valence-corrected chi connectivity index (χ0v) is 18.2. The highest BCUT2D eigenvalue weighted by molar-refractivity contribution is 7.71. The van der Waals surface area contributed by atoms with Crippen LogP contribution in [0.4, 0.5) is 11.4 Å². The Hall–Kier alpha value is -3.03. The first-order valence-corrected chi connectivity index (χ1v) is 11.1. The highest BCUT2D eigenvalue weighted by Gasteiger charge is 2.15. The first-order valence-electron chi connectivity index (χ1n) is 10.7. The van der Waals surface area contributed by atoms with Crippen LogP contribution < -0.4 is 15.6 Å². The van der Waals surface area contributed by atoms with Crippen LogP contribution in [0.1, 0.15) is 30.4 Å². The van der Waals surface area contributed by atoms with Gasteiger partial charge in [0.1, 0.15) is 5.69 Å². The number of quaternary nitrogens is 1. The Morgan fingerprint density at radius 2 is 1.77 bits per heavy atom. The lowest BCUT2D eigenvalue weighted by Crippen LogP contribution is -3.08. The molecule has 1 aromatic heterocycles. The molecule has 1 aliphatic rings. The fourth-order valence-corrected chi connectivity index (χ4v) is 4.23. The Morgan fingerprint density at radius 3 is 2.48 bits per heavy atom. The summed E-state index contributed by atoms with van der Waals surface area (Å²) in [5, 5.41) is 12.9. The molecule has 0 amide bonds. The molecule has 1 saturated heterocycles. The van der Waals surface area contributed by atoms with E-state index in [4.69, 9.17) is 12.2 Å². The zero-order chi connectivity index (χ0) is 21.6. The molecule has 3 aromatic rings. The first kappa shape index (κ1) is 21.2. The number of hydrogen-bond acceptors (Lipinski definition) is 4. The Morgan fingerprint density at radius 1 is 1.06 bits per heavy atom. The molecule has 2 N–H and O–H groups in total. The van der Waals surface area contributed by atoms with E-state index in [-0.39, 0.29) is 10.3 Å². The van der Waals surface area contributed by atoms with Crippen molar-refractivity contribution >= 4 is 29.8 Å². The highest BCUT2D eigenvalue weighted by atomic mass is 32.1. The number of benzene rings is 2. The van der Waals surface area contributed by atoms with E-state index in [0.29, 0.717) is 18.7 Å². The highest BCUT2D eigenvalue weighted by Crippen LogP contribution is 2.16. The lowest BCUT2D eigenvalue weighted by Gasteiger charge is -2.23. The van der Waals surface area contributed by atoms with Crippen LogP contribution in [-0.2, 0) is 13.0 Å². The van der Waals surface area contributed by atoms with Gasteiger partial charge in [0.05, 0.1) is 24.3 Å². The Balaban J connectivity index is 1.52. The number of H-pyrrole nitrogens is 1. The zero-order valence-electron chi connectivity index (χ0n) is 17.3. The maximum Gasteiger partial charge on any atom is 0.259 e. The number of aryl methyl sites for hydroxylation is 1.